The molecule has 0 saturated heterocycles. The van der Waals surface area contributed by atoms with Crippen LogP contribution in [0.4, 0.5) is 10.1 Å². The van der Waals surface area contributed by atoms with Crippen molar-refractivity contribution in [2.75, 3.05) is 23.7 Å². The lowest BCUT2D eigenvalue weighted by Crippen LogP contribution is -2.52. The molecule has 1 atom stereocenters. The number of carbonyl (C=O) groups excluding carboxylic acids is 2. The molecule has 0 fully saturated rings. The molecule has 0 aromatic heterocycles. The molecule has 7 nitrogen and oxygen atoms in total. The van der Waals surface area contributed by atoms with Gasteiger partial charge < -0.3 is 10.2 Å². The Morgan fingerprint density at radius 1 is 1.12 bits per heavy atom. The van der Waals surface area contributed by atoms with Crippen molar-refractivity contribution >= 4 is 43.5 Å². The average molecular weight is 542 g/mol. The first-order chi connectivity index (χ1) is 15.5. The number of nitrogens with one attached hydrogen (secondary N) is 1. The summed E-state index contributed by atoms with van der Waals surface area (Å²) in [5.41, 5.74) is 1.78. The summed E-state index contributed by atoms with van der Waals surface area (Å²) in [5.74, 6) is -1.29. The van der Waals surface area contributed by atoms with E-state index in [2.05, 4.69) is 21.2 Å². The number of anilines is 1. The fourth-order valence-electron chi connectivity index (χ4n) is 3.40. The van der Waals surface area contributed by atoms with Crippen LogP contribution in [0.2, 0.25) is 0 Å². The number of aryl methyl sites for hydroxylation is 1. The van der Waals surface area contributed by atoms with Crippen LogP contribution in [0.1, 0.15) is 31.4 Å². The van der Waals surface area contributed by atoms with E-state index in [0.717, 1.165) is 20.6 Å². The molecule has 180 valence electrons. The lowest BCUT2D eigenvalue weighted by molar-refractivity contribution is -0.140. The molecule has 2 rings (SSSR count). The highest BCUT2D eigenvalue weighted by Gasteiger charge is 2.31. The van der Waals surface area contributed by atoms with Crippen molar-refractivity contribution in [3.05, 3.63) is 63.9 Å². The molecule has 0 aliphatic heterocycles. The van der Waals surface area contributed by atoms with Crippen molar-refractivity contribution in [3.8, 4) is 0 Å². The van der Waals surface area contributed by atoms with E-state index in [-0.39, 0.29) is 12.5 Å². The Hall–Kier alpha value is -2.46. The second-order valence-electron chi connectivity index (χ2n) is 7.67. The van der Waals surface area contributed by atoms with Gasteiger partial charge in [-0.3, -0.25) is 13.9 Å². The van der Waals surface area contributed by atoms with E-state index in [9.17, 15) is 22.4 Å². The number of nitrogens with zero attached hydrogens (tertiary/aromatic N) is 2. The fourth-order valence-corrected chi connectivity index (χ4v) is 4.48. The largest absolute Gasteiger partial charge is 0.355 e. The van der Waals surface area contributed by atoms with Crippen LogP contribution in [0.5, 0.6) is 0 Å². The third-order valence-corrected chi connectivity index (χ3v) is 7.14. The van der Waals surface area contributed by atoms with Crippen LogP contribution in [0.15, 0.2) is 46.9 Å². The molecule has 0 aliphatic carbocycles. The summed E-state index contributed by atoms with van der Waals surface area (Å²) in [7, 11) is -3.80. The number of hydrogen-bond acceptors (Lipinski definition) is 4. The third kappa shape index (κ3) is 7.26. The number of hydrogen-bond donors (Lipinski definition) is 1. The minimum absolute atomic E-state index is 0.0335. The zero-order valence-electron chi connectivity index (χ0n) is 19.1. The number of sulfonamides is 1. The van der Waals surface area contributed by atoms with Gasteiger partial charge >= 0.3 is 0 Å². The molecule has 2 amide bonds. The molecule has 0 spiro atoms. The molecule has 0 saturated carbocycles. The molecular formula is C23H29BrFN3O4S. The van der Waals surface area contributed by atoms with Gasteiger partial charge in [0.2, 0.25) is 21.8 Å². The number of likely N-dealkylation sites (N-methyl/N-ethyl adjacent to an activating group) is 1. The van der Waals surface area contributed by atoms with E-state index >= 15 is 0 Å². The van der Waals surface area contributed by atoms with Crippen LogP contribution < -0.4 is 9.62 Å². The molecule has 2 aromatic carbocycles. The lowest BCUT2D eigenvalue weighted by atomic mass is 10.1. The highest BCUT2D eigenvalue weighted by molar-refractivity contribution is 9.10. The Kier molecular flexibility index (Phi) is 9.42. The first kappa shape index (κ1) is 26.8. The van der Waals surface area contributed by atoms with Crippen molar-refractivity contribution in [3.63, 3.8) is 0 Å². The summed E-state index contributed by atoms with van der Waals surface area (Å²) in [4.78, 5) is 27.5. The van der Waals surface area contributed by atoms with Crippen LogP contribution in [0.25, 0.3) is 0 Å². The maximum atomic E-state index is 13.5. The maximum absolute atomic E-state index is 13.5. The normalized spacial score (nSPS) is 12.2. The number of rotatable bonds is 10. The van der Waals surface area contributed by atoms with Crippen LogP contribution >= 0.6 is 15.9 Å². The van der Waals surface area contributed by atoms with Gasteiger partial charge in [0, 0.05) is 17.6 Å². The van der Waals surface area contributed by atoms with Crippen LogP contribution in [-0.2, 0) is 26.2 Å². The predicted octanol–water partition coefficient (Wildman–Crippen LogP) is 3.61. The van der Waals surface area contributed by atoms with Gasteiger partial charge in [-0.15, -0.1) is 0 Å². The van der Waals surface area contributed by atoms with Crippen LogP contribution in [-0.4, -0.2) is 50.5 Å². The Morgan fingerprint density at radius 2 is 1.76 bits per heavy atom. The summed E-state index contributed by atoms with van der Waals surface area (Å²) in [5, 5.41) is 2.73. The standard InChI is InChI=1S/C23H29BrFN3O4S/c1-5-21(23(30)26-6-2)27(14-17-7-9-18(25)10-8-17)22(29)15-28(33(4,31)32)19-11-12-20(24)16(3)13-19/h7-13,21H,5-6,14-15H2,1-4H3,(H,26,30). The van der Waals surface area contributed by atoms with Crippen molar-refractivity contribution in [2.24, 2.45) is 0 Å². The van der Waals surface area contributed by atoms with Gasteiger partial charge in [0.25, 0.3) is 0 Å². The van der Waals surface area contributed by atoms with Crippen LogP contribution in [0.3, 0.4) is 0 Å². The summed E-state index contributed by atoms with van der Waals surface area (Å²) in [6.45, 7) is 5.32. The molecule has 33 heavy (non-hydrogen) atoms. The second-order valence-corrected chi connectivity index (χ2v) is 10.4. The summed E-state index contributed by atoms with van der Waals surface area (Å²) < 4.78 is 40.4. The first-order valence-electron chi connectivity index (χ1n) is 10.5. The monoisotopic (exact) mass is 541 g/mol. The Labute approximate surface area is 203 Å². The van der Waals surface area contributed by atoms with Gasteiger partial charge in [-0.1, -0.05) is 35.0 Å². The van der Waals surface area contributed by atoms with Crippen molar-refractivity contribution in [2.45, 2.75) is 39.8 Å². The van der Waals surface area contributed by atoms with Crippen molar-refractivity contribution in [1.29, 1.82) is 0 Å². The fraction of sp³-hybridized carbons (Fsp3) is 0.391. The van der Waals surface area contributed by atoms with Crippen molar-refractivity contribution in [1.82, 2.24) is 10.2 Å². The average Bonchev–Trinajstić information content (AvgIpc) is 2.74. The van der Waals surface area contributed by atoms with E-state index in [1.807, 2.05) is 6.92 Å². The van der Waals surface area contributed by atoms with Gasteiger partial charge in [0.1, 0.15) is 18.4 Å². The zero-order valence-corrected chi connectivity index (χ0v) is 21.5. The van der Waals surface area contributed by atoms with Gasteiger partial charge in [-0.2, -0.15) is 0 Å². The smallest absolute Gasteiger partial charge is 0.244 e. The number of amides is 2. The van der Waals surface area contributed by atoms with E-state index in [0.29, 0.717) is 24.2 Å². The second kappa shape index (κ2) is 11.6. The summed E-state index contributed by atoms with van der Waals surface area (Å²) in [6, 6.07) is 9.81. The minimum Gasteiger partial charge on any atom is -0.355 e. The summed E-state index contributed by atoms with van der Waals surface area (Å²) in [6.07, 6.45) is 1.36. The lowest BCUT2D eigenvalue weighted by Gasteiger charge is -2.32. The van der Waals surface area contributed by atoms with Gasteiger partial charge in [0.15, 0.2) is 0 Å². The quantitative estimate of drug-likeness (QED) is 0.497. The zero-order chi connectivity index (χ0) is 24.8. The van der Waals surface area contributed by atoms with E-state index in [1.165, 1.54) is 29.2 Å². The van der Waals surface area contributed by atoms with Gasteiger partial charge in [0.05, 0.1) is 11.9 Å². The Bertz CT molecular complexity index is 1090. The van der Waals surface area contributed by atoms with E-state index in [1.54, 1.807) is 32.0 Å². The topological polar surface area (TPSA) is 86.8 Å². The van der Waals surface area contributed by atoms with Gasteiger partial charge in [-0.25, -0.2) is 12.8 Å². The number of halogens is 2. The SMILES string of the molecule is CCNC(=O)C(CC)N(Cc1ccc(F)cc1)C(=O)CN(c1ccc(Br)c(C)c1)S(C)(=O)=O. The van der Waals surface area contributed by atoms with Crippen LogP contribution in [0, 0.1) is 12.7 Å². The number of carbonyl (C=O) groups is 2. The van der Waals surface area contributed by atoms with Gasteiger partial charge in [-0.05, 0) is 61.7 Å². The third-order valence-electron chi connectivity index (χ3n) is 5.11. The highest BCUT2D eigenvalue weighted by Crippen LogP contribution is 2.25. The Balaban J connectivity index is 2.44. The molecule has 10 heteroatoms. The van der Waals surface area contributed by atoms with Crippen molar-refractivity contribution < 1.29 is 22.4 Å². The molecule has 1 unspecified atom stereocenters. The molecular weight excluding hydrogens is 513 g/mol. The van der Waals surface area contributed by atoms with E-state index in [4.69, 9.17) is 0 Å². The first-order valence-corrected chi connectivity index (χ1v) is 13.2. The molecule has 0 bridgehead atoms. The minimum atomic E-state index is -3.80. The molecule has 0 radical (unpaired) electrons. The Morgan fingerprint density at radius 3 is 2.27 bits per heavy atom. The van der Waals surface area contributed by atoms with E-state index < -0.39 is 34.3 Å². The maximum Gasteiger partial charge on any atom is 0.244 e. The molecule has 1 N–H and O–H groups in total. The number of benzene rings is 2. The summed E-state index contributed by atoms with van der Waals surface area (Å²) >= 11 is 3.39. The molecule has 0 heterocycles. The molecule has 0 aliphatic rings. The predicted molar refractivity (Wildman–Crippen MR) is 131 cm³/mol. The molecule has 2 aromatic rings. The highest BCUT2D eigenvalue weighted by atomic mass is 79.9.